The van der Waals surface area contributed by atoms with Crippen LogP contribution in [0, 0.1) is 19.8 Å². The lowest BCUT2D eigenvalue weighted by atomic mass is 9.92. The Balaban J connectivity index is 2.39. The highest BCUT2D eigenvalue weighted by Crippen LogP contribution is 2.30. The largest absolute Gasteiger partial charge is 0.466 e. The number of imidazole rings is 1. The highest BCUT2D eigenvalue weighted by molar-refractivity contribution is 5.26. The van der Waals surface area contributed by atoms with Gasteiger partial charge in [-0.25, -0.2) is 4.98 Å². The van der Waals surface area contributed by atoms with Crippen LogP contribution < -0.4 is 5.73 Å². The summed E-state index contributed by atoms with van der Waals surface area (Å²) in [6, 6.07) is 2.31. The van der Waals surface area contributed by atoms with Gasteiger partial charge in [-0.15, -0.1) is 0 Å². The molecule has 2 aromatic heterocycles. The normalized spacial score (nSPS) is 14.8. The second-order valence-electron chi connectivity index (χ2n) is 5.86. The third-order valence-electron chi connectivity index (χ3n) is 4.08. The fraction of sp³-hybridized carbons (Fsp3) is 0.562. The smallest absolute Gasteiger partial charge is 0.106 e. The molecule has 2 aromatic rings. The maximum Gasteiger partial charge on any atom is 0.106 e. The van der Waals surface area contributed by atoms with Crippen molar-refractivity contribution in [3.05, 3.63) is 41.4 Å². The van der Waals surface area contributed by atoms with Crippen molar-refractivity contribution in [1.82, 2.24) is 9.55 Å². The van der Waals surface area contributed by atoms with E-state index in [0.717, 1.165) is 11.5 Å². The van der Waals surface area contributed by atoms with Gasteiger partial charge in [0, 0.05) is 29.9 Å². The molecule has 0 bridgehead atoms. The first-order valence-electron chi connectivity index (χ1n) is 7.24. The molecule has 2 rings (SSSR count). The SMILES string of the molecule is Cc1cc(C(C)n2cncc2C(CN)C(C)C)c(C)o1. The molecule has 2 unspecified atom stereocenters. The van der Waals surface area contributed by atoms with Crippen LogP contribution in [-0.4, -0.2) is 16.1 Å². The van der Waals surface area contributed by atoms with Gasteiger partial charge in [-0.05, 0) is 32.8 Å². The van der Waals surface area contributed by atoms with Crippen LogP contribution in [0.4, 0.5) is 0 Å². The van der Waals surface area contributed by atoms with Gasteiger partial charge in [0.15, 0.2) is 0 Å². The first-order valence-corrected chi connectivity index (χ1v) is 7.24. The molecular weight excluding hydrogens is 250 g/mol. The third kappa shape index (κ3) is 2.66. The van der Waals surface area contributed by atoms with Crippen LogP contribution in [0.1, 0.15) is 55.5 Å². The van der Waals surface area contributed by atoms with Crippen LogP contribution in [0.5, 0.6) is 0 Å². The Morgan fingerprint density at radius 3 is 2.50 bits per heavy atom. The van der Waals surface area contributed by atoms with Crippen LogP contribution in [0.15, 0.2) is 23.0 Å². The van der Waals surface area contributed by atoms with Crippen molar-refractivity contribution < 1.29 is 4.42 Å². The highest BCUT2D eigenvalue weighted by Gasteiger charge is 2.22. The number of nitrogens with zero attached hydrogens (tertiary/aromatic N) is 2. The molecule has 0 fully saturated rings. The zero-order chi connectivity index (χ0) is 14.9. The summed E-state index contributed by atoms with van der Waals surface area (Å²) in [5, 5.41) is 0. The molecule has 4 nitrogen and oxygen atoms in total. The Bertz CT molecular complexity index is 568. The zero-order valence-electron chi connectivity index (χ0n) is 13.1. The average Bonchev–Trinajstić information content (AvgIpc) is 2.96. The van der Waals surface area contributed by atoms with Crippen molar-refractivity contribution >= 4 is 0 Å². The van der Waals surface area contributed by atoms with Gasteiger partial charge in [0.2, 0.25) is 0 Å². The molecule has 0 aliphatic rings. The van der Waals surface area contributed by atoms with E-state index in [9.17, 15) is 0 Å². The standard InChI is InChI=1S/C16H25N3O/c1-10(2)15(7-17)16-8-18-9-19(16)12(4)14-6-11(3)20-13(14)5/h6,8-10,12,15H,7,17H2,1-5H3. The second-order valence-corrected chi connectivity index (χ2v) is 5.86. The summed E-state index contributed by atoms with van der Waals surface area (Å²) in [5.74, 6) is 2.75. The van der Waals surface area contributed by atoms with Gasteiger partial charge in [-0.2, -0.15) is 0 Å². The van der Waals surface area contributed by atoms with E-state index in [1.54, 1.807) is 0 Å². The number of furan rings is 1. The van der Waals surface area contributed by atoms with Gasteiger partial charge in [-0.1, -0.05) is 13.8 Å². The van der Waals surface area contributed by atoms with E-state index in [1.807, 2.05) is 26.4 Å². The van der Waals surface area contributed by atoms with Crippen molar-refractivity contribution in [2.45, 2.75) is 46.6 Å². The topological polar surface area (TPSA) is 57.0 Å². The monoisotopic (exact) mass is 275 g/mol. The Labute approximate surface area is 121 Å². The summed E-state index contributed by atoms with van der Waals surface area (Å²) in [4.78, 5) is 4.33. The van der Waals surface area contributed by atoms with E-state index in [-0.39, 0.29) is 6.04 Å². The molecule has 0 aliphatic heterocycles. The average molecular weight is 275 g/mol. The van der Waals surface area contributed by atoms with Gasteiger partial charge >= 0.3 is 0 Å². The summed E-state index contributed by atoms with van der Waals surface area (Å²) in [6.07, 6.45) is 3.84. The predicted octanol–water partition coefficient (Wildman–Crippen LogP) is 3.40. The number of nitrogens with two attached hydrogens (primary N) is 1. The molecule has 0 saturated heterocycles. The molecule has 20 heavy (non-hydrogen) atoms. The summed E-state index contributed by atoms with van der Waals surface area (Å²) < 4.78 is 7.87. The van der Waals surface area contributed by atoms with E-state index < -0.39 is 0 Å². The van der Waals surface area contributed by atoms with Gasteiger partial charge in [-0.3, -0.25) is 0 Å². The van der Waals surface area contributed by atoms with Gasteiger partial charge in [0.05, 0.1) is 12.4 Å². The van der Waals surface area contributed by atoms with Gasteiger partial charge in [0.25, 0.3) is 0 Å². The van der Waals surface area contributed by atoms with E-state index in [4.69, 9.17) is 10.2 Å². The molecule has 0 spiro atoms. The maximum atomic E-state index is 5.95. The first-order chi connectivity index (χ1) is 9.45. The molecule has 0 aliphatic carbocycles. The van der Waals surface area contributed by atoms with Crippen LogP contribution in [-0.2, 0) is 0 Å². The number of aryl methyl sites for hydroxylation is 2. The van der Waals surface area contributed by atoms with E-state index in [2.05, 4.69) is 36.4 Å². The third-order valence-corrected chi connectivity index (χ3v) is 4.08. The molecule has 2 heterocycles. The fourth-order valence-electron chi connectivity index (χ4n) is 2.88. The molecule has 2 N–H and O–H groups in total. The number of hydrogen-bond donors (Lipinski definition) is 1. The lowest BCUT2D eigenvalue weighted by Gasteiger charge is -2.24. The van der Waals surface area contributed by atoms with Crippen LogP contribution >= 0.6 is 0 Å². The maximum absolute atomic E-state index is 5.95. The summed E-state index contributed by atoms with van der Waals surface area (Å²) in [6.45, 7) is 11.2. The number of rotatable bonds is 5. The Morgan fingerprint density at radius 2 is 2.00 bits per heavy atom. The minimum atomic E-state index is 0.206. The lowest BCUT2D eigenvalue weighted by Crippen LogP contribution is -2.22. The molecule has 4 heteroatoms. The highest BCUT2D eigenvalue weighted by atomic mass is 16.3. The minimum Gasteiger partial charge on any atom is -0.466 e. The van der Waals surface area contributed by atoms with E-state index in [0.29, 0.717) is 18.4 Å². The van der Waals surface area contributed by atoms with Crippen molar-refractivity contribution in [3.8, 4) is 0 Å². The summed E-state index contributed by atoms with van der Waals surface area (Å²) >= 11 is 0. The van der Waals surface area contributed by atoms with Gasteiger partial charge < -0.3 is 14.7 Å². The van der Waals surface area contributed by atoms with Crippen molar-refractivity contribution in [2.24, 2.45) is 11.7 Å². The molecule has 2 atom stereocenters. The van der Waals surface area contributed by atoms with Gasteiger partial charge in [0.1, 0.15) is 11.5 Å². The summed E-state index contributed by atoms with van der Waals surface area (Å²) in [5.41, 5.74) is 8.36. The number of hydrogen-bond acceptors (Lipinski definition) is 3. The molecule has 0 saturated carbocycles. The zero-order valence-corrected chi connectivity index (χ0v) is 13.1. The fourth-order valence-corrected chi connectivity index (χ4v) is 2.88. The predicted molar refractivity (Wildman–Crippen MR) is 80.9 cm³/mol. The van der Waals surface area contributed by atoms with E-state index in [1.165, 1.54) is 11.3 Å². The van der Waals surface area contributed by atoms with Crippen molar-refractivity contribution in [2.75, 3.05) is 6.54 Å². The molecule has 0 amide bonds. The molecule has 0 radical (unpaired) electrons. The first kappa shape index (κ1) is 14.9. The minimum absolute atomic E-state index is 0.206. The van der Waals surface area contributed by atoms with E-state index >= 15 is 0 Å². The Morgan fingerprint density at radius 1 is 1.30 bits per heavy atom. The quantitative estimate of drug-likeness (QED) is 0.909. The van der Waals surface area contributed by atoms with Crippen LogP contribution in [0.25, 0.3) is 0 Å². The molecule has 110 valence electrons. The van der Waals surface area contributed by atoms with Crippen molar-refractivity contribution in [3.63, 3.8) is 0 Å². The Kier molecular flexibility index (Phi) is 4.33. The molecular formula is C16H25N3O. The van der Waals surface area contributed by atoms with Crippen LogP contribution in [0.3, 0.4) is 0 Å². The number of aromatic nitrogens is 2. The van der Waals surface area contributed by atoms with Crippen molar-refractivity contribution in [1.29, 1.82) is 0 Å². The second kappa shape index (κ2) is 5.83. The van der Waals surface area contributed by atoms with Crippen LogP contribution in [0.2, 0.25) is 0 Å². The lowest BCUT2D eigenvalue weighted by molar-refractivity contribution is 0.457. The Hall–Kier alpha value is -1.55. The molecule has 0 aromatic carbocycles. The summed E-state index contributed by atoms with van der Waals surface area (Å²) in [7, 11) is 0.